The smallest absolute Gasteiger partial charge is 0.201 e. The summed E-state index contributed by atoms with van der Waals surface area (Å²) in [4.78, 5) is 24.3. The number of benzene rings is 2. The van der Waals surface area contributed by atoms with Crippen molar-refractivity contribution in [1.82, 2.24) is 0 Å². The molecule has 0 saturated heterocycles. The highest BCUT2D eigenvalue weighted by atomic mass is 32.2. The summed E-state index contributed by atoms with van der Waals surface area (Å²) in [6, 6.07) is 6.85. The van der Waals surface area contributed by atoms with Crippen molar-refractivity contribution in [2.45, 2.75) is 4.90 Å². The first-order chi connectivity index (χ1) is 14.0. The number of carbonyl (C=O) groups excluding carboxylic acids is 2. The van der Waals surface area contributed by atoms with Gasteiger partial charge >= 0.3 is 0 Å². The molecule has 0 radical (unpaired) electrons. The van der Waals surface area contributed by atoms with E-state index in [2.05, 4.69) is 5.10 Å². The van der Waals surface area contributed by atoms with E-state index in [-0.39, 0.29) is 11.1 Å². The van der Waals surface area contributed by atoms with Gasteiger partial charge in [0.2, 0.25) is 5.71 Å². The third kappa shape index (κ3) is 3.02. The summed E-state index contributed by atoms with van der Waals surface area (Å²) in [7, 11) is -5.53. The van der Waals surface area contributed by atoms with Gasteiger partial charge in [0.25, 0.3) is 0 Å². The lowest BCUT2D eigenvalue weighted by Gasteiger charge is -2.24. The van der Waals surface area contributed by atoms with Crippen LogP contribution in [-0.2, 0) is 10.1 Å². The second kappa shape index (κ2) is 6.95. The number of rotatable bonds is 4. The number of ketones is 2. The molecule has 152 valence electrons. The second-order valence-electron chi connectivity index (χ2n) is 5.91. The Labute approximate surface area is 168 Å². The van der Waals surface area contributed by atoms with E-state index in [1.165, 1.54) is 30.3 Å². The van der Waals surface area contributed by atoms with Gasteiger partial charge in [-0.05, 0) is 0 Å². The number of aromatic hydroxyl groups is 2. The van der Waals surface area contributed by atoms with Crippen molar-refractivity contribution in [1.29, 1.82) is 10.7 Å². The first-order valence-corrected chi connectivity index (χ1v) is 9.25. The molecule has 13 heteroatoms. The van der Waals surface area contributed by atoms with E-state index in [1.807, 2.05) is 5.43 Å². The van der Waals surface area contributed by atoms with Crippen LogP contribution < -0.4 is 11.2 Å². The SMILES string of the molecule is N#C/C(=N\Nc1c(O)c(S(=O)(=O)[O-])c(O)c2c1C(=O)c1ccccc1C2=O)C(=N)N. The predicted molar refractivity (Wildman–Crippen MR) is 99.6 cm³/mol. The summed E-state index contributed by atoms with van der Waals surface area (Å²) >= 11 is 0. The molecule has 0 fully saturated rings. The highest BCUT2D eigenvalue weighted by Crippen LogP contribution is 2.47. The number of anilines is 1. The summed E-state index contributed by atoms with van der Waals surface area (Å²) in [5.74, 6) is -5.48. The quantitative estimate of drug-likeness (QED) is 0.0932. The normalized spacial score (nSPS) is 13.3. The topological polar surface area (TPSA) is 230 Å². The van der Waals surface area contributed by atoms with Gasteiger partial charge in [0.1, 0.15) is 32.5 Å². The molecule has 0 aliphatic heterocycles. The number of hydrogen-bond donors (Lipinski definition) is 5. The summed E-state index contributed by atoms with van der Waals surface area (Å²) < 4.78 is 34.8. The number of phenolic OH excluding ortho intramolecular Hbond substituents is 2. The molecule has 0 saturated carbocycles. The van der Waals surface area contributed by atoms with Gasteiger partial charge in [0.15, 0.2) is 23.2 Å². The summed E-state index contributed by atoms with van der Waals surface area (Å²) in [5.41, 5.74) is 3.80. The highest BCUT2D eigenvalue weighted by molar-refractivity contribution is 7.86. The fourth-order valence-corrected chi connectivity index (χ4v) is 3.58. The Morgan fingerprint density at radius 3 is 2.13 bits per heavy atom. The zero-order valence-electron chi connectivity index (χ0n) is 14.6. The maximum absolute atomic E-state index is 13.0. The molecule has 1 aliphatic carbocycles. The van der Waals surface area contributed by atoms with Crippen LogP contribution in [0.25, 0.3) is 0 Å². The molecular formula is C17H10N5O7S-. The summed E-state index contributed by atoms with van der Waals surface area (Å²) in [6.45, 7) is 0. The zero-order chi connectivity index (χ0) is 22.4. The second-order valence-corrected chi connectivity index (χ2v) is 7.22. The highest BCUT2D eigenvalue weighted by Gasteiger charge is 2.39. The van der Waals surface area contributed by atoms with Crippen molar-refractivity contribution >= 4 is 38.9 Å². The number of nitrogens with zero attached hydrogens (tertiary/aromatic N) is 2. The third-order valence-electron chi connectivity index (χ3n) is 4.16. The Morgan fingerprint density at radius 2 is 1.67 bits per heavy atom. The van der Waals surface area contributed by atoms with E-state index in [0.717, 1.165) is 0 Å². The van der Waals surface area contributed by atoms with E-state index < -0.39 is 66.4 Å². The molecular weight excluding hydrogens is 418 g/mol. The van der Waals surface area contributed by atoms with Gasteiger partial charge in [-0.1, -0.05) is 24.3 Å². The van der Waals surface area contributed by atoms with Crippen LogP contribution in [0.5, 0.6) is 11.5 Å². The van der Waals surface area contributed by atoms with Crippen LogP contribution in [0, 0.1) is 16.7 Å². The van der Waals surface area contributed by atoms with Gasteiger partial charge in [-0.25, -0.2) is 8.42 Å². The van der Waals surface area contributed by atoms with Crippen molar-refractivity contribution in [3.8, 4) is 17.6 Å². The van der Waals surface area contributed by atoms with Crippen LogP contribution in [0.1, 0.15) is 31.8 Å². The van der Waals surface area contributed by atoms with E-state index in [9.17, 15) is 32.8 Å². The Bertz CT molecular complexity index is 1340. The van der Waals surface area contributed by atoms with Gasteiger partial charge in [-0.2, -0.15) is 10.4 Å². The van der Waals surface area contributed by atoms with Crippen molar-refractivity contribution < 1.29 is 32.8 Å². The molecule has 0 heterocycles. The Morgan fingerprint density at radius 1 is 1.13 bits per heavy atom. The molecule has 0 spiro atoms. The maximum Gasteiger partial charge on any atom is 0.201 e. The summed E-state index contributed by atoms with van der Waals surface area (Å²) in [6.07, 6.45) is 0. The molecule has 3 rings (SSSR count). The molecule has 0 aromatic heterocycles. The number of hydrazone groups is 1. The Kier molecular flexibility index (Phi) is 4.74. The largest absolute Gasteiger partial charge is 0.744 e. The lowest BCUT2D eigenvalue weighted by Crippen LogP contribution is -2.25. The lowest BCUT2D eigenvalue weighted by atomic mass is 9.82. The minimum absolute atomic E-state index is 0.120. The first-order valence-electron chi connectivity index (χ1n) is 7.85. The molecule has 2 aromatic carbocycles. The molecule has 0 unspecified atom stereocenters. The van der Waals surface area contributed by atoms with Crippen molar-refractivity contribution in [3.05, 3.63) is 46.5 Å². The van der Waals surface area contributed by atoms with Gasteiger partial charge in [0.05, 0.1) is 11.1 Å². The molecule has 6 N–H and O–H groups in total. The lowest BCUT2D eigenvalue weighted by molar-refractivity contribution is 0.0976. The van der Waals surface area contributed by atoms with Crippen molar-refractivity contribution in [2.24, 2.45) is 10.8 Å². The van der Waals surface area contributed by atoms with E-state index in [4.69, 9.17) is 16.4 Å². The number of fused-ring (bicyclic) bond motifs is 2. The molecule has 0 amide bonds. The van der Waals surface area contributed by atoms with E-state index >= 15 is 0 Å². The minimum Gasteiger partial charge on any atom is -0.744 e. The van der Waals surface area contributed by atoms with Gasteiger partial charge in [-0.15, -0.1) is 0 Å². The molecule has 1 aliphatic rings. The average Bonchev–Trinajstić information content (AvgIpc) is 2.66. The number of nitrogens with one attached hydrogen (secondary N) is 2. The third-order valence-corrected chi connectivity index (χ3v) is 5.05. The van der Waals surface area contributed by atoms with Crippen LogP contribution in [0.4, 0.5) is 5.69 Å². The van der Waals surface area contributed by atoms with Crippen molar-refractivity contribution in [2.75, 3.05) is 5.43 Å². The Balaban J connectivity index is 2.43. The van der Waals surface area contributed by atoms with E-state index in [1.54, 1.807) is 0 Å². The Hall–Kier alpha value is -4.28. The van der Waals surface area contributed by atoms with Crippen LogP contribution >= 0.6 is 0 Å². The monoisotopic (exact) mass is 428 g/mol. The minimum atomic E-state index is -5.53. The number of hydrogen-bond acceptors (Lipinski definition) is 11. The predicted octanol–water partition coefficient (Wildman–Crippen LogP) is 0.00475. The fourth-order valence-electron chi connectivity index (χ4n) is 2.90. The number of amidine groups is 1. The average molecular weight is 428 g/mol. The van der Waals surface area contributed by atoms with Crippen LogP contribution in [0.2, 0.25) is 0 Å². The van der Waals surface area contributed by atoms with Crippen LogP contribution in [-0.4, -0.2) is 46.3 Å². The standard InChI is InChI=1S/C17H11N5O7S/c18-5-8(17(19)20)21-22-11-9-10(14(25)16(15(11)26)30(27,28)29)13(24)7-4-2-1-3-6(7)12(9)23/h1-4,22,25-26H,(H3,19,20)(H,27,28,29)/p-1/b21-8+. The van der Waals surface area contributed by atoms with Gasteiger partial charge in [0, 0.05) is 11.1 Å². The molecule has 2 aromatic rings. The number of phenols is 2. The summed E-state index contributed by atoms with van der Waals surface area (Å²) in [5, 5.41) is 40.2. The van der Waals surface area contributed by atoms with E-state index in [0.29, 0.717) is 0 Å². The molecule has 12 nitrogen and oxygen atoms in total. The number of nitrogens with two attached hydrogens (primary N) is 1. The van der Waals surface area contributed by atoms with Crippen LogP contribution in [0.15, 0.2) is 34.3 Å². The van der Waals surface area contributed by atoms with Gasteiger partial charge < -0.3 is 20.5 Å². The van der Waals surface area contributed by atoms with Gasteiger partial charge in [-0.3, -0.25) is 20.4 Å². The first kappa shape index (κ1) is 20.5. The fraction of sp³-hybridized carbons (Fsp3) is 0. The number of carbonyl (C=O) groups is 2. The van der Waals surface area contributed by atoms with Crippen molar-refractivity contribution in [3.63, 3.8) is 0 Å². The zero-order valence-corrected chi connectivity index (χ0v) is 15.4. The molecule has 0 bridgehead atoms. The number of nitriles is 1. The maximum atomic E-state index is 13.0. The molecule has 0 atom stereocenters. The van der Waals surface area contributed by atoms with Crippen LogP contribution in [0.3, 0.4) is 0 Å². The molecule has 30 heavy (non-hydrogen) atoms.